The van der Waals surface area contributed by atoms with E-state index >= 15 is 0 Å². The molecule has 34 heavy (non-hydrogen) atoms. The molecule has 1 unspecified atom stereocenters. The third kappa shape index (κ3) is 6.78. The molecule has 0 spiro atoms. The Hall–Kier alpha value is -2.95. The highest BCUT2D eigenvalue weighted by Crippen LogP contribution is 2.30. The first-order valence-electron chi connectivity index (χ1n) is 10.8. The van der Waals surface area contributed by atoms with Crippen LogP contribution in [0.4, 0.5) is 19.0 Å². The number of carbonyl (C=O) groups is 2. The number of carbonyl (C=O) groups excluding carboxylic acids is 2. The fraction of sp³-hybridized carbons (Fsp3) is 0.500. The number of aryl methyl sites for hydroxylation is 1. The molecule has 3 rings (SSSR count). The maximum Gasteiger partial charge on any atom is 0.451 e. The van der Waals surface area contributed by atoms with E-state index in [4.69, 9.17) is 5.73 Å². The lowest BCUT2D eigenvalue weighted by atomic mass is 9.90. The molecular weight excluding hydrogens is 473 g/mol. The lowest BCUT2D eigenvalue weighted by Crippen LogP contribution is -2.49. The predicted octanol–water partition coefficient (Wildman–Crippen LogP) is 3.19. The number of nitrogens with zero attached hydrogens (tertiary/aromatic N) is 4. The van der Waals surface area contributed by atoms with Gasteiger partial charge in [0.15, 0.2) is 0 Å². The number of alkyl halides is 3. The van der Waals surface area contributed by atoms with Gasteiger partial charge in [-0.2, -0.15) is 13.2 Å². The molecule has 3 heterocycles. The second kappa shape index (κ2) is 11.5. The Morgan fingerprint density at radius 2 is 1.91 bits per heavy atom. The Balaban J connectivity index is 0.00000408. The van der Waals surface area contributed by atoms with Crippen LogP contribution in [0.3, 0.4) is 0 Å². The summed E-state index contributed by atoms with van der Waals surface area (Å²) in [6, 6.07) is 4.30. The van der Waals surface area contributed by atoms with Crippen LogP contribution in [-0.4, -0.2) is 50.8 Å². The van der Waals surface area contributed by atoms with Gasteiger partial charge in [-0.1, -0.05) is 6.07 Å². The summed E-state index contributed by atoms with van der Waals surface area (Å²) in [5.41, 5.74) is 6.79. The third-order valence-corrected chi connectivity index (χ3v) is 5.84. The van der Waals surface area contributed by atoms with Crippen molar-refractivity contribution in [1.29, 1.82) is 0 Å². The highest BCUT2D eigenvalue weighted by atomic mass is 35.5. The van der Waals surface area contributed by atoms with Gasteiger partial charge in [0.1, 0.15) is 17.6 Å². The van der Waals surface area contributed by atoms with E-state index in [0.29, 0.717) is 37.4 Å². The summed E-state index contributed by atoms with van der Waals surface area (Å²) in [5.74, 6) is -1.63. The predicted molar refractivity (Wildman–Crippen MR) is 122 cm³/mol. The van der Waals surface area contributed by atoms with Gasteiger partial charge in [0.05, 0.1) is 0 Å². The van der Waals surface area contributed by atoms with Gasteiger partial charge in [-0.3, -0.25) is 14.6 Å². The van der Waals surface area contributed by atoms with Gasteiger partial charge in [-0.05, 0) is 57.6 Å². The molecule has 3 N–H and O–H groups in total. The Morgan fingerprint density at radius 3 is 2.47 bits per heavy atom. The van der Waals surface area contributed by atoms with E-state index in [1.54, 1.807) is 30.0 Å². The van der Waals surface area contributed by atoms with Crippen molar-refractivity contribution >= 4 is 30.0 Å². The largest absolute Gasteiger partial charge is 0.451 e. The summed E-state index contributed by atoms with van der Waals surface area (Å²) < 4.78 is 38.5. The molecule has 2 aromatic rings. The Labute approximate surface area is 202 Å². The second-order valence-corrected chi connectivity index (χ2v) is 8.21. The lowest BCUT2D eigenvalue weighted by Gasteiger charge is -2.33. The van der Waals surface area contributed by atoms with Crippen LogP contribution in [0.5, 0.6) is 0 Å². The van der Waals surface area contributed by atoms with E-state index in [0.717, 1.165) is 12.8 Å². The number of piperidine rings is 1. The van der Waals surface area contributed by atoms with Crippen LogP contribution in [0.15, 0.2) is 24.4 Å². The van der Waals surface area contributed by atoms with Crippen molar-refractivity contribution < 1.29 is 22.8 Å². The van der Waals surface area contributed by atoms with Gasteiger partial charge >= 0.3 is 6.18 Å². The number of rotatable bonds is 6. The molecule has 1 fully saturated rings. The van der Waals surface area contributed by atoms with Gasteiger partial charge in [-0.15, -0.1) is 12.4 Å². The molecule has 1 aliphatic heterocycles. The minimum atomic E-state index is -4.63. The van der Waals surface area contributed by atoms with Crippen LogP contribution >= 0.6 is 12.4 Å². The maximum absolute atomic E-state index is 12.8. The van der Waals surface area contributed by atoms with E-state index < -0.39 is 23.9 Å². The molecule has 1 aliphatic rings. The Kier molecular flexibility index (Phi) is 9.20. The maximum atomic E-state index is 12.8. The van der Waals surface area contributed by atoms with Crippen LogP contribution < -0.4 is 11.1 Å². The van der Waals surface area contributed by atoms with E-state index in [2.05, 4.69) is 20.3 Å². The van der Waals surface area contributed by atoms with Crippen molar-refractivity contribution in [2.45, 2.75) is 51.7 Å². The molecule has 0 aliphatic carbocycles. The van der Waals surface area contributed by atoms with Crippen molar-refractivity contribution in [2.75, 3.05) is 18.8 Å². The number of nitrogens with two attached hydrogens (primary N) is 1. The summed E-state index contributed by atoms with van der Waals surface area (Å²) in [7, 11) is 0. The summed E-state index contributed by atoms with van der Waals surface area (Å²) >= 11 is 0. The molecule has 2 aromatic heterocycles. The lowest BCUT2D eigenvalue weighted by molar-refractivity contribution is -0.145. The highest BCUT2D eigenvalue weighted by molar-refractivity contribution is 5.95. The standard InChI is InChI=1S/C22H27F3N6O2.ClH/c1-13-16(18(26)30-21(29-13)22(23,24)25)7-6-15-8-11-31(12-9-15)20(33)14(2)28-19(32)17-5-3-4-10-27-17;/h3-5,10,14-15H,6-9,11-12H2,1-2H3,(H,28,32)(H2,26,29,30);1H. The molecule has 1 saturated heterocycles. The van der Waals surface area contributed by atoms with E-state index in [1.807, 2.05) is 0 Å². The summed E-state index contributed by atoms with van der Waals surface area (Å²) in [4.78, 5) is 37.6. The zero-order valence-corrected chi connectivity index (χ0v) is 19.7. The first kappa shape index (κ1) is 27.3. The molecule has 12 heteroatoms. The molecule has 0 radical (unpaired) electrons. The van der Waals surface area contributed by atoms with Crippen LogP contribution in [-0.2, 0) is 17.4 Å². The van der Waals surface area contributed by atoms with Gasteiger partial charge in [0.25, 0.3) is 5.91 Å². The smallest absolute Gasteiger partial charge is 0.383 e. The zero-order valence-electron chi connectivity index (χ0n) is 18.9. The number of nitrogens with one attached hydrogen (secondary N) is 1. The number of halogens is 4. The van der Waals surface area contributed by atoms with Gasteiger partial charge in [-0.25, -0.2) is 9.97 Å². The minimum Gasteiger partial charge on any atom is -0.383 e. The molecule has 186 valence electrons. The molecule has 8 nitrogen and oxygen atoms in total. The molecule has 0 aromatic carbocycles. The Morgan fingerprint density at radius 1 is 1.24 bits per heavy atom. The summed E-state index contributed by atoms with van der Waals surface area (Å²) in [6.07, 6.45) is -0.415. The van der Waals surface area contributed by atoms with Gasteiger partial charge < -0.3 is 16.0 Å². The fourth-order valence-electron chi connectivity index (χ4n) is 3.95. The van der Waals surface area contributed by atoms with Crippen molar-refractivity contribution in [2.24, 2.45) is 5.92 Å². The van der Waals surface area contributed by atoms with Crippen molar-refractivity contribution in [3.63, 3.8) is 0 Å². The van der Waals surface area contributed by atoms with Crippen LogP contribution in [0.25, 0.3) is 0 Å². The average Bonchev–Trinajstić information content (AvgIpc) is 2.78. The monoisotopic (exact) mass is 500 g/mol. The number of pyridine rings is 1. The first-order chi connectivity index (χ1) is 15.6. The first-order valence-corrected chi connectivity index (χ1v) is 10.8. The third-order valence-electron chi connectivity index (χ3n) is 5.84. The van der Waals surface area contributed by atoms with Crippen molar-refractivity contribution in [3.8, 4) is 0 Å². The van der Waals surface area contributed by atoms with E-state index in [-0.39, 0.29) is 35.5 Å². The molecule has 0 saturated carbocycles. The van der Waals surface area contributed by atoms with Crippen LogP contribution in [0.2, 0.25) is 0 Å². The minimum absolute atomic E-state index is 0. The Bertz CT molecular complexity index is 975. The fourth-order valence-corrected chi connectivity index (χ4v) is 3.95. The number of aromatic nitrogens is 3. The van der Waals surface area contributed by atoms with Crippen LogP contribution in [0.1, 0.15) is 53.8 Å². The van der Waals surface area contributed by atoms with Crippen molar-refractivity contribution in [3.05, 3.63) is 47.2 Å². The molecule has 2 amide bonds. The summed E-state index contributed by atoms with van der Waals surface area (Å²) in [6.45, 7) is 4.24. The second-order valence-electron chi connectivity index (χ2n) is 8.21. The quantitative estimate of drug-likeness (QED) is 0.629. The highest BCUT2D eigenvalue weighted by Gasteiger charge is 2.36. The number of hydrogen-bond acceptors (Lipinski definition) is 6. The number of hydrogen-bond donors (Lipinski definition) is 2. The SMILES string of the molecule is Cc1nc(C(F)(F)F)nc(N)c1CCC1CCN(C(=O)C(C)NC(=O)c2ccccn2)CC1.Cl. The summed E-state index contributed by atoms with van der Waals surface area (Å²) in [5, 5.41) is 2.68. The molecule has 1 atom stereocenters. The zero-order chi connectivity index (χ0) is 24.2. The van der Waals surface area contributed by atoms with E-state index in [1.165, 1.54) is 13.1 Å². The number of likely N-dealkylation sites (tertiary alicyclic amines) is 1. The molecule has 0 bridgehead atoms. The van der Waals surface area contributed by atoms with E-state index in [9.17, 15) is 22.8 Å². The van der Waals surface area contributed by atoms with Crippen molar-refractivity contribution in [1.82, 2.24) is 25.2 Å². The average molecular weight is 501 g/mol. The van der Waals surface area contributed by atoms with Crippen LogP contribution in [0, 0.1) is 12.8 Å². The topological polar surface area (TPSA) is 114 Å². The number of anilines is 1. The van der Waals surface area contributed by atoms with Gasteiger partial charge in [0, 0.05) is 30.5 Å². The van der Waals surface area contributed by atoms with Gasteiger partial charge in [0.2, 0.25) is 11.7 Å². The molecular formula is C22H28ClF3N6O2. The number of amides is 2. The number of nitrogen functional groups attached to an aromatic ring is 1. The normalized spacial score (nSPS) is 15.4.